The van der Waals surface area contributed by atoms with Crippen molar-refractivity contribution in [1.82, 2.24) is 14.5 Å². The predicted octanol–water partition coefficient (Wildman–Crippen LogP) is 2.88. The van der Waals surface area contributed by atoms with Crippen LogP contribution in [0, 0.1) is 0 Å². The molecule has 1 unspecified atom stereocenters. The predicted molar refractivity (Wildman–Crippen MR) is 76.4 cm³/mol. The minimum absolute atomic E-state index is 0.138. The molecule has 0 radical (unpaired) electrons. The van der Waals surface area contributed by atoms with Crippen LogP contribution in [-0.4, -0.2) is 38.3 Å². The van der Waals surface area contributed by atoms with Crippen molar-refractivity contribution in [2.45, 2.75) is 45.1 Å². The summed E-state index contributed by atoms with van der Waals surface area (Å²) in [6, 6.07) is 0.404. The third-order valence-corrected chi connectivity index (χ3v) is 4.71. The average molecular weight is 332 g/mol. The summed E-state index contributed by atoms with van der Waals surface area (Å²) in [5.74, 6) is 0.138. The fourth-order valence-corrected chi connectivity index (χ4v) is 3.48. The lowest BCUT2D eigenvalue weighted by molar-refractivity contribution is 0.0734. The van der Waals surface area contributed by atoms with Gasteiger partial charge in [0.1, 0.15) is 4.88 Å². The molecule has 0 aromatic carbocycles. The largest absolute Gasteiger partial charge is 0.335 e. The van der Waals surface area contributed by atoms with Gasteiger partial charge in [-0.3, -0.25) is 4.79 Å². The molecule has 0 spiro atoms. The van der Waals surface area contributed by atoms with E-state index in [1.807, 2.05) is 11.8 Å². The minimum Gasteiger partial charge on any atom is -0.335 e. The molecule has 0 N–H and O–H groups in total. The average Bonchev–Trinajstić information content (AvgIpc) is 3.03. The third kappa shape index (κ3) is 2.91. The summed E-state index contributed by atoms with van der Waals surface area (Å²) < 4.78 is 3.91. The van der Waals surface area contributed by atoms with Gasteiger partial charge in [-0.05, 0) is 43.6 Å². The highest BCUT2D eigenvalue weighted by Crippen LogP contribution is 2.25. The lowest BCUT2D eigenvalue weighted by Crippen LogP contribution is -2.35. The number of likely N-dealkylation sites (tertiary alicyclic amines) is 1. The highest BCUT2D eigenvalue weighted by Gasteiger charge is 2.31. The van der Waals surface area contributed by atoms with Crippen molar-refractivity contribution >= 4 is 33.4 Å². The Hall–Kier alpha value is -0.490. The van der Waals surface area contributed by atoms with Crippen molar-refractivity contribution in [3.05, 3.63) is 10.6 Å². The van der Waals surface area contributed by atoms with Gasteiger partial charge >= 0.3 is 0 Å². The van der Waals surface area contributed by atoms with Gasteiger partial charge in [-0.15, -0.1) is 5.10 Å². The zero-order valence-electron chi connectivity index (χ0n) is 10.6. The first-order chi connectivity index (χ1) is 8.77. The molecule has 18 heavy (non-hydrogen) atoms. The molecule has 1 aliphatic heterocycles. The van der Waals surface area contributed by atoms with Gasteiger partial charge in [-0.1, -0.05) is 27.3 Å². The summed E-state index contributed by atoms with van der Waals surface area (Å²) in [5.41, 5.74) is 0.844. The maximum atomic E-state index is 12.5. The van der Waals surface area contributed by atoms with E-state index in [1.165, 1.54) is 11.5 Å². The first kappa shape index (κ1) is 13.9. The molecular weight excluding hydrogens is 314 g/mol. The van der Waals surface area contributed by atoms with Gasteiger partial charge in [0, 0.05) is 17.9 Å². The molecule has 0 bridgehead atoms. The van der Waals surface area contributed by atoms with Crippen LogP contribution >= 0.6 is 27.5 Å². The molecule has 1 aromatic rings. The van der Waals surface area contributed by atoms with Crippen molar-refractivity contribution in [3.63, 3.8) is 0 Å². The van der Waals surface area contributed by atoms with Crippen LogP contribution in [-0.2, 0) is 6.42 Å². The van der Waals surface area contributed by atoms with Gasteiger partial charge < -0.3 is 4.90 Å². The van der Waals surface area contributed by atoms with Crippen molar-refractivity contribution in [3.8, 4) is 0 Å². The number of carbonyl (C=O) groups excluding carboxylic acids is 1. The van der Waals surface area contributed by atoms with E-state index in [9.17, 15) is 4.79 Å². The Kier molecular flexibility index (Phi) is 5.12. The summed E-state index contributed by atoms with van der Waals surface area (Å²) in [7, 11) is 0. The Morgan fingerprint density at radius 1 is 1.61 bits per heavy atom. The molecule has 1 fully saturated rings. The van der Waals surface area contributed by atoms with Crippen LogP contribution in [0.3, 0.4) is 0 Å². The van der Waals surface area contributed by atoms with Crippen LogP contribution in [0.5, 0.6) is 0 Å². The Morgan fingerprint density at radius 3 is 3.17 bits per heavy atom. The second-order valence-corrected chi connectivity index (χ2v) is 6.08. The third-order valence-electron chi connectivity index (χ3n) is 3.39. The van der Waals surface area contributed by atoms with Crippen molar-refractivity contribution < 1.29 is 4.79 Å². The van der Waals surface area contributed by atoms with E-state index in [0.29, 0.717) is 6.04 Å². The quantitative estimate of drug-likeness (QED) is 0.779. The number of carbonyl (C=O) groups is 1. The minimum atomic E-state index is 0.138. The molecule has 1 aromatic heterocycles. The van der Waals surface area contributed by atoms with Crippen LogP contribution < -0.4 is 0 Å². The van der Waals surface area contributed by atoms with Crippen molar-refractivity contribution in [2.24, 2.45) is 0 Å². The summed E-state index contributed by atoms with van der Waals surface area (Å²) in [4.78, 5) is 15.3. The van der Waals surface area contributed by atoms with Crippen molar-refractivity contribution in [2.75, 3.05) is 11.9 Å². The van der Waals surface area contributed by atoms with Gasteiger partial charge in [0.2, 0.25) is 0 Å². The summed E-state index contributed by atoms with van der Waals surface area (Å²) >= 11 is 4.69. The van der Waals surface area contributed by atoms with Crippen LogP contribution in [0.4, 0.5) is 0 Å². The second-order valence-electron chi connectivity index (χ2n) is 4.53. The maximum Gasteiger partial charge on any atom is 0.267 e. The topological polar surface area (TPSA) is 46.1 Å². The van der Waals surface area contributed by atoms with E-state index in [4.69, 9.17) is 0 Å². The summed E-state index contributed by atoms with van der Waals surface area (Å²) in [6.45, 7) is 2.90. The highest BCUT2D eigenvalue weighted by atomic mass is 79.9. The molecule has 2 heterocycles. The van der Waals surface area contributed by atoms with Crippen LogP contribution in [0.15, 0.2) is 0 Å². The number of rotatable bonds is 5. The van der Waals surface area contributed by atoms with Crippen LogP contribution in [0.1, 0.15) is 48.0 Å². The summed E-state index contributed by atoms with van der Waals surface area (Å²) in [5, 5.41) is 5.04. The van der Waals surface area contributed by atoms with Crippen molar-refractivity contribution in [1.29, 1.82) is 0 Å². The molecule has 1 atom stereocenters. The smallest absolute Gasteiger partial charge is 0.267 e. The zero-order valence-corrected chi connectivity index (χ0v) is 13.0. The SMILES string of the molecule is CCc1nnsc1C(=O)N1CCCC1CCCBr. The van der Waals surface area contributed by atoms with Gasteiger partial charge in [-0.25, -0.2) is 0 Å². The monoisotopic (exact) mass is 331 g/mol. The number of hydrogen-bond donors (Lipinski definition) is 0. The maximum absolute atomic E-state index is 12.5. The molecule has 0 saturated carbocycles. The van der Waals surface area contributed by atoms with E-state index in [2.05, 4.69) is 25.5 Å². The van der Waals surface area contributed by atoms with E-state index >= 15 is 0 Å². The standard InChI is InChI=1S/C12H18BrN3OS/c1-2-10-11(18-15-14-10)12(17)16-8-4-6-9(16)5-3-7-13/h9H,2-8H2,1H3. The van der Waals surface area contributed by atoms with E-state index in [0.717, 1.165) is 54.6 Å². The number of alkyl halides is 1. The molecule has 6 heteroatoms. The number of amides is 1. The first-order valence-corrected chi connectivity index (χ1v) is 8.35. The van der Waals surface area contributed by atoms with E-state index in [-0.39, 0.29) is 5.91 Å². The Balaban J connectivity index is 2.08. The van der Waals surface area contributed by atoms with E-state index < -0.39 is 0 Å². The molecule has 1 saturated heterocycles. The number of nitrogens with zero attached hydrogens (tertiary/aromatic N) is 3. The molecule has 1 amide bonds. The number of aromatic nitrogens is 2. The van der Waals surface area contributed by atoms with E-state index in [1.54, 1.807) is 0 Å². The molecule has 0 aliphatic carbocycles. The lowest BCUT2D eigenvalue weighted by Gasteiger charge is -2.24. The van der Waals surface area contributed by atoms with Crippen LogP contribution in [0.25, 0.3) is 0 Å². The van der Waals surface area contributed by atoms with Gasteiger partial charge in [-0.2, -0.15) is 0 Å². The molecule has 1 aliphatic rings. The first-order valence-electron chi connectivity index (χ1n) is 6.46. The van der Waals surface area contributed by atoms with Gasteiger partial charge in [0.15, 0.2) is 0 Å². The summed E-state index contributed by atoms with van der Waals surface area (Å²) in [6.07, 6.45) is 5.23. The molecule has 100 valence electrons. The van der Waals surface area contributed by atoms with Crippen LogP contribution in [0.2, 0.25) is 0 Å². The number of halogens is 1. The Morgan fingerprint density at radius 2 is 2.44 bits per heavy atom. The number of hydrogen-bond acceptors (Lipinski definition) is 4. The van der Waals surface area contributed by atoms with Gasteiger partial charge in [0.05, 0.1) is 5.69 Å². The molecule has 2 rings (SSSR count). The fraction of sp³-hybridized carbons (Fsp3) is 0.750. The highest BCUT2D eigenvalue weighted by molar-refractivity contribution is 9.09. The Labute approximate surface area is 120 Å². The number of aryl methyl sites for hydroxylation is 1. The second kappa shape index (κ2) is 6.61. The van der Waals surface area contributed by atoms with Gasteiger partial charge in [0.25, 0.3) is 5.91 Å². The molecule has 4 nitrogen and oxygen atoms in total. The Bertz CT molecular complexity index is 410. The molecular formula is C12H18BrN3OS. The normalized spacial score (nSPS) is 19.4. The fourth-order valence-electron chi connectivity index (χ4n) is 2.45. The zero-order chi connectivity index (χ0) is 13.0. The lowest BCUT2D eigenvalue weighted by atomic mass is 10.1.